The molecule has 1 aromatic rings. The summed E-state index contributed by atoms with van der Waals surface area (Å²) >= 11 is 0. The monoisotopic (exact) mass is 276 g/mol. The van der Waals surface area contributed by atoms with Gasteiger partial charge < -0.3 is 10.6 Å². The molecule has 0 saturated carbocycles. The highest BCUT2D eigenvalue weighted by Gasteiger charge is 2.21. The molecule has 1 rings (SSSR count). The van der Waals surface area contributed by atoms with Crippen LogP contribution in [-0.2, 0) is 9.59 Å². The summed E-state index contributed by atoms with van der Waals surface area (Å²) in [5, 5.41) is 5.70. The molecule has 0 radical (unpaired) electrons. The van der Waals surface area contributed by atoms with Gasteiger partial charge in [0.2, 0.25) is 11.8 Å². The summed E-state index contributed by atoms with van der Waals surface area (Å²) < 4.78 is 0. The van der Waals surface area contributed by atoms with Crippen molar-refractivity contribution in [2.24, 2.45) is 11.3 Å². The highest BCUT2D eigenvalue weighted by atomic mass is 16.2. The number of carbonyl (C=O) groups excluding carboxylic acids is 2. The Morgan fingerprint density at radius 1 is 1.05 bits per heavy atom. The van der Waals surface area contributed by atoms with Crippen molar-refractivity contribution < 1.29 is 9.59 Å². The molecule has 0 bridgehead atoms. The molecule has 0 heterocycles. The molecular formula is C16H24N2O2. The quantitative estimate of drug-likeness (QED) is 0.881. The summed E-state index contributed by atoms with van der Waals surface area (Å²) in [6, 6.07) is 7.16. The maximum absolute atomic E-state index is 11.8. The molecule has 0 aromatic heterocycles. The van der Waals surface area contributed by atoms with Crippen LogP contribution in [-0.4, -0.2) is 11.8 Å². The van der Waals surface area contributed by atoms with Gasteiger partial charge in [0.05, 0.1) is 0 Å². The molecule has 0 fully saturated rings. The molecule has 110 valence electrons. The minimum atomic E-state index is -0.427. The number of hydrogen-bond acceptors (Lipinski definition) is 2. The number of carbonyl (C=O) groups is 2. The Morgan fingerprint density at radius 3 is 1.90 bits per heavy atom. The number of anilines is 2. The smallest absolute Gasteiger partial charge is 0.229 e. The lowest BCUT2D eigenvalue weighted by Crippen LogP contribution is -2.27. The fraction of sp³-hybridized carbons (Fsp3) is 0.500. The van der Waals surface area contributed by atoms with Gasteiger partial charge in [-0.05, 0) is 30.7 Å². The molecule has 0 saturated heterocycles. The Labute approximate surface area is 121 Å². The Bertz CT molecular complexity index is 472. The zero-order valence-corrected chi connectivity index (χ0v) is 12.9. The Kier molecular flexibility index (Phi) is 5.31. The van der Waals surface area contributed by atoms with Gasteiger partial charge in [-0.3, -0.25) is 9.59 Å². The van der Waals surface area contributed by atoms with Gasteiger partial charge in [0.25, 0.3) is 0 Å². The third-order valence-electron chi connectivity index (χ3n) is 3.15. The van der Waals surface area contributed by atoms with Gasteiger partial charge in [0.1, 0.15) is 0 Å². The average Bonchev–Trinajstić information content (AvgIpc) is 2.38. The van der Waals surface area contributed by atoms with Crippen molar-refractivity contribution in [2.45, 2.75) is 41.0 Å². The second kappa shape index (κ2) is 6.55. The van der Waals surface area contributed by atoms with Crippen LogP contribution in [0.25, 0.3) is 0 Å². The van der Waals surface area contributed by atoms with Gasteiger partial charge >= 0.3 is 0 Å². The first kappa shape index (κ1) is 16.2. The predicted molar refractivity (Wildman–Crippen MR) is 82.6 cm³/mol. The summed E-state index contributed by atoms with van der Waals surface area (Å²) in [5.74, 6) is -0.0249. The predicted octanol–water partition coefficient (Wildman–Crippen LogP) is 3.66. The zero-order chi connectivity index (χ0) is 15.3. The van der Waals surface area contributed by atoms with E-state index in [4.69, 9.17) is 0 Å². The average molecular weight is 276 g/mol. The number of amides is 2. The van der Waals surface area contributed by atoms with Crippen LogP contribution in [0.3, 0.4) is 0 Å². The SMILES string of the molecule is CC[C@@H](C)C(=O)Nc1ccc(NC(=O)C(C)(C)C)cc1. The van der Waals surface area contributed by atoms with Crippen molar-refractivity contribution >= 4 is 23.2 Å². The van der Waals surface area contributed by atoms with E-state index in [2.05, 4.69) is 10.6 Å². The molecule has 20 heavy (non-hydrogen) atoms. The maximum atomic E-state index is 11.8. The van der Waals surface area contributed by atoms with E-state index >= 15 is 0 Å². The van der Waals surface area contributed by atoms with Crippen LogP contribution in [0.2, 0.25) is 0 Å². The van der Waals surface area contributed by atoms with E-state index in [1.165, 1.54) is 0 Å². The van der Waals surface area contributed by atoms with Crippen LogP contribution in [0, 0.1) is 11.3 Å². The molecule has 4 heteroatoms. The molecule has 0 aliphatic heterocycles. The molecule has 0 unspecified atom stereocenters. The van der Waals surface area contributed by atoms with Crippen molar-refractivity contribution in [3.63, 3.8) is 0 Å². The van der Waals surface area contributed by atoms with Gasteiger partial charge in [-0.25, -0.2) is 0 Å². The molecule has 0 aliphatic rings. The van der Waals surface area contributed by atoms with Gasteiger partial charge in [0.15, 0.2) is 0 Å². The Morgan fingerprint density at radius 2 is 1.50 bits per heavy atom. The lowest BCUT2D eigenvalue weighted by Gasteiger charge is -2.18. The van der Waals surface area contributed by atoms with E-state index in [0.717, 1.165) is 17.8 Å². The van der Waals surface area contributed by atoms with Gasteiger partial charge in [-0.2, -0.15) is 0 Å². The molecule has 2 N–H and O–H groups in total. The Hall–Kier alpha value is -1.84. The third-order valence-corrected chi connectivity index (χ3v) is 3.15. The van der Waals surface area contributed by atoms with Crippen LogP contribution in [0.5, 0.6) is 0 Å². The van der Waals surface area contributed by atoms with Crippen LogP contribution in [0.1, 0.15) is 41.0 Å². The van der Waals surface area contributed by atoms with Crippen LogP contribution in [0.4, 0.5) is 11.4 Å². The largest absolute Gasteiger partial charge is 0.326 e. The first-order chi connectivity index (χ1) is 9.24. The fourth-order valence-electron chi connectivity index (χ4n) is 1.41. The van der Waals surface area contributed by atoms with Crippen molar-refractivity contribution in [3.05, 3.63) is 24.3 Å². The van der Waals surface area contributed by atoms with Gasteiger partial charge in [-0.15, -0.1) is 0 Å². The molecule has 0 spiro atoms. The fourth-order valence-corrected chi connectivity index (χ4v) is 1.41. The summed E-state index contributed by atoms with van der Waals surface area (Å²) in [6.07, 6.45) is 0.811. The first-order valence-electron chi connectivity index (χ1n) is 6.96. The van der Waals surface area contributed by atoms with Crippen molar-refractivity contribution in [1.29, 1.82) is 0 Å². The van der Waals surface area contributed by atoms with Gasteiger partial charge in [0, 0.05) is 22.7 Å². The second-order valence-electron chi connectivity index (χ2n) is 6.08. The molecular weight excluding hydrogens is 252 g/mol. The molecule has 2 amide bonds. The summed E-state index contributed by atoms with van der Waals surface area (Å²) in [4.78, 5) is 23.6. The van der Waals surface area contributed by atoms with Crippen LogP contribution >= 0.6 is 0 Å². The summed E-state index contributed by atoms with van der Waals surface area (Å²) in [7, 11) is 0. The number of nitrogens with one attached hydrogen (secondary N) is 2. The highest BCUT2D eigenvalue weighted by Crippen LogP contribution is 2.19. The van der Waals surface area contributed by atoms with E-state index in [1.807, 2.05) is 34.6 Å². The van der Waals surface area contributed by atoms with E-state index in [9.17, 15) is 9.59 Å². The Balaban J connectivity index is 2.65. The third kappa shape index (κ3) is 4.68. The van der Waals surface area contributed by atoms with Crippen molar-refractivity contribution in [3.8, 4) is 0 Å². The van der Waals surface area contributed by atoms with E-state index in [0.29, 0.717) is 0 Å². The lowest BCUT2D eigenvalue weighted by atomic mass is 9.95. The molecule has 1 atom stereocenters. The first-order valence-corrected chi connectivity index (χ1v) is 6.96. The van der Waals surface area contributed by atoms with E-state index in [1.54, 1.807) is 24.3 Å². The lowest BCUT2D eigenvalue weighted by molar-refractivity contribution is -0.123. The molecule has 4 nitrogen and oxygen atoms in total. The zero-order valence-electron chi connectivity index (χ0n) is 12.9. The maximum Gasteiger partial charge on any atom is 0.229 e. The standard InChI is InChI=1S/C16H24N2O2/c1-6-11(2)14(19)17-12-7-9-13(10-8-12)18-15(20)16(3,4)5/h7-11H,6H2,1-5H3,(H,17,19)(H,18,20)/t11-/m1/s1. The van der Waals surface area contributed by atoms with Crippen LogP contribution < -0.4 is 10.6 Å². The normalized spacial score (nSPS) is 12.7. The number of benzene rings is 1. The molecule has 1 aromatic carbocycles. The number of rotatable bonds is 4. The highest BCUT2D eigenvalue weighted by molar-refractivity contribution is 5.95. The second-order valence-corrected chi connectivity index (χ2v) is 6.08. The minimum Gasteiger partial charge on any atom is -0.326 e. The van der Waals surface area contributed by atoms with Crippen molar-refractivity contribution in [2.75, 3.05) is 10.6 Å². The van der Waals surface area contributed by atoms with Gasteiger partial charge in [-0.1, -0.05) is 34.6 Å². The summed E-state index contributed by atoms with van der Waals surface area (Å²) in [6.45, 7) is 9.47. The van der Waals surface area contributed by atoms with Crippen LogP contribution in [0.15, 0.2) is 24.3 Å². The van der Waals surface area contributed by atoms with Crippen molar-refractivity contribution in [1.82, 2.24) is 0 Å². The topological polar surface area (TPSA) is 58.2 Å². The minimum absolute atomic E-state index is 0.00438. The number of hydrogen-bond donors (Lipinski definition) is 2. The summed E-state index contributed by atoms with van der Waals surface area (Å²) in [5.41, 5.74) is 1.04. The molecule has 0 aliphatic carbocycles. The van der Waals surface area contributed by atoms with E-state index < -0.39 is 5.41 Å². The van der Waals surface area contributed by atoms with E-state index in [-0.39, 0.29) is 17.7 Å².